The first-order valence-corrected chi connectivity index (χ1v) is 8.29. The Kier molecular flexibility index (Phi) is 4.95. The molecule has 0 aliphatic carbocycles. The van der Waals surface area contributed by atoms with Gasteiger partial charge in [-0.15, -0.1) is 0 Å². The summed E-state index contributed by atoms with van der Waals surface area (Å²) in [7, 11) is -3.39. The molecule has 0 amide bonds. The van der Waals surface area contributed by atoms with Gasteiger partial charge in [0.2, 0.25) is 0 Å². The third-order valence-electron chi connectivity index (χ3n) is 3.43. The van der Waals surface area contributed by atoms with E-state index in [4.69, 9.17) is 0 Å². The highest BCUT2D eigenvalue weighted by Crippen LogP contribution is 2.22. The molecular weight excluding hydrogens is 264 g/mol. The molecular formula is C12H22N4O2S. The van der Waals surface area contributed by atoms with Crippen LogP contribution < -0.4 is 5.32 Å². The second-order valence-electron chi connectivity index (χ2n) is 5.00. The van der Waals surface area contributed by atoms with Crippen LogP contribution in [0.4, 0.5) is 0 Å². The lowest BCUT2D eigenvalue weighted by molar-refractivity contribution is 0.260. The van der Waals surface area contributed by atoms with Gasteiger partial charge in [0, 0.05) is 13.1 Å². The first-order chi connectivity index (χ1) is 9.14. The molecule has 0 spiro atoms. The lowest BCUT2D eigenvalue weighted by atomic mass is 10.00. The molecule has 2 rings (SSSR count). The van der Waals surface area contributed by atoms with Crippen molar-refractivity contribution in [1.82, 2.24) is 19.8 Å². The smallest absolute Gasteiger partial charge is 0.259 e. The zero-order chi connectivity index (χ0) is 13.7. The van der Waals surface area contributed by atoms with Gasteiger partial charge >= 0.3 is 0 Å². The number of nitrogens with zero attached hydrogens (tertiary/aromatic N) is 2. The SMILES string of the molecule is CCCNCC1CCCN(S(=O)(=O)c2ccn[nH]2)C1. The van der Waals surface area contributed by atoms with Crippen LogP contribution in [-0.4, -0.2) is 49.1 Å². The average Bonchev–Trinajstić information content (AvgIpc) is 2.94. The highest BCUT2D eigenvalue weighted by atomic mass is 32.2. The predicted molar refractivity (Wildman–Crippen MR) is 73.2 cm³/mol. The van der Waals surface area contributed by atoms with Crippen LogP contribution in [0.1, 0.15) is 26.2 Å². The maximum absolute atomic E-state index is 12.4. The van der Waals surface area contributed by atoms with Gasteiger partial charge in [0.25, 0.3) is 10.0 Å². The Morgan fingerprint density at radius 3 is 3.11 bits per heavy atom. The van der Waals surface area contributed by atoms with Crippen LogP contribution in [0.3, 0.4) is 0 Å². The van der Waals surface area contributed by atoms with Gasteiger partial charge in [-0.05, 0) is 44.3 Å². The van der Waals surface area contributed by atoms with Gasteiger partial charge in [-0.1, -0.05) is 6.92 Å². The first-order valence-electron chi connectivity index (χ1n) is 6.85. The Bertz CT molecular complexity index is 472. The topological polar surface area (TPSA) is 78.1 Å². The molecule has 1 aliphatic heterocycles. The van der Waals surface area contributed by atoms with Crippen molar-refractivity contribution in [2.45, 2.75) is 31.2 Å². The zero-order valence-corrected chi connectivity index (χ0v) is 12.1. The van der Waals surface area contributed by atoms with E-state index in [2.05, 4.69) is 22.4 Å². The van der Waals surface area contributed by atoms with Gasteiger partial charge in [0.05, 0.1) is 6.20 Å². The van der Waals surface area contributed by atoms with Gasteiger partial charge < -0.3 is 5.32 Å². The Labute approximate surface area is 114 Å². The lowest BCUT2D eigenvalue weighted by Crippen LogP contribution is -2.43. The van der Waals surface area contributed by atoms with E-state index in [9.17, 15) is 8.42 Å². The Morgan fingerprint density at radius 2 is 2.42 bits per heavy atom. The van der Waals surface area contributed by atoms with E-state index in [-0.39, 0.29) is 5.03 Å². The number of hydrogen-bond acceptors (Lipinski definition) is 4. The molecule has 0 saturated carbocycles. The number of sulfonamides is 1. The predicted octanol–water partition coefficient (Wildman–Crippen LogP) is 0.810. The fraction of sp³-hybridized carbons (Fsp3) is 0.750. The summed E-state index contributed by atoms with van der Waals surface area (Å²) in [5.41, 5.74) is 0. The largest absolute Gasteiger partial charge is 0.316 e. The Hall–Kier alpha value is -0.920. The Morgan fingerprint density at radius 1 is 1.58 bits per heavy atom. The summed E-state index contributed by atoms with van der Waals surface area (Å²) in [5, 5.41) is 9.83. The average molecular weight is 286 g/mol. The number of rotatable bonds is 6. The molecule has 1 atom stereocenters. The van der Waals surface area contributed by atoms with Gasteiger partial charge in [0.1, 0.15) is 0 Å². The first kappa shape index (κ1) is 14.5. The van der Waals surface area contributed by atoms with Crippen molar-refractivity contribution in [3.05, 3.63) is 12.3 Å². The molecule has 2 heterocycles. The minimum Gasteiger partial charge on any atom is -0.316 e. The van der Waals surface area contributed by atoms with Crippen molar-refractivity contribution in [3.63, 3.8) is 0 Å². The number of H-pyrrole nitrogens is 1. The molecule has 1 unspecified atom stereocenters. The van der Waals surface area contributed by atoms with Crippen LogP contribution in [0.15, 0.2) is 17.3 Å². The summed E-state index contributed by atoms with van der Waals surface area (Å²) in [6.45, 7) is 5.21. The second kappa shape index (κ2) is 6.49. The van der Waals surface area contributed by atoms with Crippen LogP contribution in [0.5, 0.6) is 0 Å². The van der Waals surface area contributed by atoms with Gasteiger partial charge in [-0.3, -0.25) is 5.10 Å². The molecule has 1 fully saturated rings. The maximum Gasteiger partial charge on any atom is 0.259 e. The van der Waals surface area contributed by atoms with Crippen molar-refractivity contribution in [3.8, 4) is 0 Å². The minimum atomic E-state index is -3.39. The fourth-order valence-corrected chi connectivity index (χ4v) is 3.88. The van der Waals surface area contributed by atoms with Gasteiger partial charge in [0.15, 0.2) is 5.03 Å². The van der Waals surface area contributed by atoms with Crippen LogP contribution in [0, 0.1) is 5.92 Å². The summed E-state index contributed by atoms with van der Waals surface area (Å²) in [6.07, 6.45) is 4.58. The summed E-state index contributed by atoms with van der Waals surface area (Å²) < 4.78 is 26.3. The minimum absolute atomic E-state index is 0.190. The fourth-order valence-electron chi connectivity index (χ4n) is 2.42. The second-order valence-corrected chi connectivity index (χ2v) is 6.90. The number of piperidine rings is 1. The molecule has 0 radical (unpaired) electrons. The number of hydrogen-bond donors (Lipinski definition) is 2. The van der Waals surface area contributed by atoms with E-state index in [0.717, 1.165) is 32.4 Å². The number of nitrogens with one attached hydrogen (secondary N) is 2. The van der Waals surface area contributed by atoms with E-state index in [1.807, 2.05) is 0 Å². The zero-order valence-electron chi connectivity index (χ0n) is 11.3. The van der Waals surface area contributed by atoms with Gasteiger partial charge in [-0.2, -0.15) is 9.40 Å². The van der Waals surface area contributed by atoms with Crippen molar-refractivity contribution < 1.29 is 8.42 Å². The van der Waals surface area contributed by atoms with E-state index >= 15 is 0 Å². The lowest BCUT2D eigenvalue weighted by Gasteiger charge is -2.31. The molecule has 7 heteroatoms. The highest BCUT2D eigenvalue weighted by molar-refractivity contribution is 7.89. The number of aromatic amines is 1. The van der Waals surface area contributed by atoms with E-state index in [1.54, 1.807) is 4.31 Å². The van der Waals surface area contributed by atoms with Crippen molar-refractivity contribution in [1.29, 1.82) is 0 Å². The highest BCUT2D eigenvalue weighted by Gasteiger charge is 2.30. The van der Waals surface area contributed by atoms with Crippen LogP contribution >= 0.6 is 0 Å². The summed E-state index contributed by atoms with van der Waals surface area (Å²) in [6, 6.07) is 1.51. The molecule has 19 heavy (non-hydrogen) atoms. The molecule has 1 saturated heterocycles. The molecule has 0 bridgehead atoms. The maximum atomic E-state index is 12.4. The van der Waals surface area contributed by atoms with Crippen LogP contribution in [-0.2, 0) is 10.0 Å². The van der Waals surface area contributed by atoms with E-state index in [1.165, 1.54) is 12.3 Å². The Balaban J connectivity index is 1.97. The van der Waals surface area contributed by atoms with E-state index in [0.29, 0.717) is 19.0 Å². The summed E-state index contributed by atoms with van der Waals surface area (Å²) >= 11 is 0. The quantitative estimate of drug-likeness (QED) is 0.759. The van der Waals surface area contributed by atoms with E-state index < -0.39 is 10.0 Å². The number of aromatic nitrogens is 2. The van der Waals surface area contributed by atoms with Crippen LogP contribution in [0.25, 0.3) is 0 Å². The van der Waals surface area contributed by atoms with Crippen molar-refractivity contribution >= 4 is 10.0 Å². The van der Waals surface area contributed by atoms with Crippen molar-refractivity contribution in [2.24, 2.45) is 5.92 Å². The summed E-state index contributed by atoms with van der Waals surface area (Å²) in [4.78, 5) is 0. The molecule has 1 aromatic heterocycles. The molecule has 1 aromatic rings. The monoisotopic (exact) mass is 286 g/mol. The third kappa shape index (κ3) is 3.55. The van der Waals surface area contributed by atoms with Crippen molar-refractivity contribution in [2.75, 3.05) is 26.2 Å². The molecule has 6 nitrogen and oxygen atoms in total. The van der Waals surface area contributed by atoms with Gasteiger partial charge in [-0.25, -0.2) is 8.42 Å². The molecule has 1 aliphatic rings. The summed E-state index contributed by atoms with van der Waals surface area (Å²) in [5.74, 6) is 0.401. The van der Waals surface area contributed by atoms with Crippen LogP contribution in [0.2, 0.25) is 0 Å². The molecule has 0 aromatic carbocycles. The molecule has 2 N–H and O–H groups in total. The normalized spacial score (nSPS) is 21.6. The molecule has 108 valence electrons. The standard InChI is InChI=1S/C12H22N4O2S/c1-2-6-13-9-11-4-3-8-16(10-11)19(17,18)12-5-7-14-15-12/h5,7,11,13H,2-4,6,8-10H2,1H3,(H,14,15). The third-order valence-corrected chi connectivity index (χ3v) is 5.23.